The Bertz CT molecular complexity index is 376. The molecule has 0 aliphatic heterocycles. The molecule has 23 heavy (non-hydrogen) atoms. The van der Waals surface area contributed by atoms with Crippen molar-refractivity contribution in [3.8, 4) is 0 Å². The lowest BCUT2D eigenvalue weighted by molar-refractivity contribution is -0.169. The van der Waals surface area contributed by atoms with Gasteiger partial charge in [-0.15, -0.1) is 0 Å². The monoisotopic (exact) mass is 328 g/mol. The van der Waals surface area contributed by atoms with Crippen LogP contribution in [0.5, 0.6) is 0 Å². The third kappa shape index (κ3) is 5.84. The summed E-state index contributed by atoms with van der Waals surface area (Å²) < 4.78 is 10.3. The van der Waals surface area contributed by atoms with Crippen molar-refractivity contribution in [2.75, 3.05) is 13.2 Å². The highest BCUT2D eigenvalue weighted by Crippen LogP contribution is 2.37. The fourth-order valence-corrected chi connectivity index (χ4v) is 2.92. The number of aliphatic carboxylic acids is 1. The van der Waals surface area contributed by atoms with E-state index in [-0.39, 0.29) is 0 Å². The molecule has 0 bridgehead atoms. The molecule has 0 heterocycles. The number of carboxylic acid groups (broad SMARTS) is 1. The lowest BCUT2D eigenvalue weighted by Gasteiger charge is -2.32. The minimum atomic E-state index is -1.13. The van der Waals surface area contributed by atoms with Crippen LogP contribution in [0.15, 0.2) is 0 Å². The second-order valence-corrected chi connectivity index (χ2v) is 6.05. The number of hydrogen-bond acceptors (Lipinski definition) is 5. The summed E-state index contributed by atoms with van der Waals surface area (Å²) in [5.41, 5.74) is 0. The highest BCUT2D eigenvalue weighted by atomic mass is 16.5. The van der Waals surface area contributed by atoms with Crippen molar-refractivity contribution in [3.63, 3.8) is 0 Å². The van der Waals surface area contributed by atoms with Gasteiger partial charge in [-0.3, -0.25) is 14.4 Å². The van der Waals surface area contributed by atoms with E-state index < -0.39 is 35.7 Å². The largest absolute Gasteiger partial charge is 0.481 e. The number of esters is 2. The lowest BCUT2D eigenvalue weighted by Crippen LogP contribution is -2.43. The van der Waals surface area contributed by atoms with Crippen molar-refractivity contribution in [1.29, 1.82) is 0 Å². The van der Waals surface area contributed by atoms with E-state index in [0.29, 0.717) is 32.5 Å². The van der Waals surface area contributed by atoms with Crippen molar-refractivity contribution < 1.29 is 29.0 Å². The number of carbonyl (C=O) groups is 3. The topological polar surface area (TPSA) is 89.9 Å². The van der Waals surface area contributed by atoms with Gasteiger partial charge in [-0.2, -0.15) is 0 Å². The smallest absolute Gasteiger partial charge is 0.309 e. The van der Waals surface area contributed by atoms with Gasteiger partial charge in [0.25, 0.3) is 0 Å². The van der Waals surface area contributed by atoms with E-state index >= 15 is 0 Å². The number of rotatable bonds is 9. The minimum absolute atomic E-state index is 0.295. The molecule has 0 aromatic rings. The molecule has 0 radical (unpaired) electrons. The Balaban J connectivity index is 2.73. The summed E-state index contributed by atoms with van der Waals surface area (Å²) >= 11 is 0. The Morgan fingerprint density at radius 3 is 1.70 bits per heavy atom. The summed E-state index contributed by atoms with van der Waals surface area (Å²) in [6.45, 7) is 4.56. The van der Waals surface area contributed by atoms with Crippen LogP contribution < -0.4 is 0 Å². The maximum atomic E-state index is 12.2. The molecule has 0 spiro atoms. The number of unbranched alkanes of at least 4 members (excludes halogenated alkanes) is 2. The Labute approximate surface area is 137 Å². The van der Waals surface area contributed by atoms with Gasteiger partial charge in [0.2, 0.25) is 0 Å². The highest BCUT2D eigenvalue weighted by molar-refractivity contribution is 5.86. The molecular weight excluding hydrogens is 300 g/mol. The predicted molar refractivity (Wildman–Crippen MR) is 83.7 cm³/mol. The molecule has 1 fully saturated rings. The van der Waals surface area contributed by atoms with E-state index in [9.17, 15) is 19.5 Å². The number of carbonyl (C=O) groups excluding carboxylic acids is 2. The summed E-state index contributed by atoms with van der Waals surface area (Å²) in [6, 6.07) is 0. The van der Waals surface area contributed by atoms with Gasteiger partial charge in [-0.25, -0.2) is 0 Å². The summed E-state index contributed by atoms with van der Waals surface area (Å²) in [5, 5.41) is 9.50. The van der Waals surface area contributed by atoms with Crippen LogP contribution in [0.3, 0.4) is 0 Å². The van der Waals surface area contributed by atoms with Gasteiger partial charge < -0.3 is 14.6 Å². The maximum absolute atomic E-state index is 12.2. The molecule has 1 aliphatic carbocycles. The molecule has 1 aliphatic rings. The van der Waals surface area contributed by atoms with Crippen LogP contribution in [0.2, 0.25) is 0 Å². The Hall–Kier alpha value is -1.59. The van der Waals surface area contributed by atoms with Crippen molar-refractivity contribution in [3.05, 3.63) is 0 Å². The summed E-state index contributed by atoms with van der Waals surface area (Å²) in [6.07, 6.45) is 4.81. The Kier molecular flexibility index (Phi) is 8.66. The van der Waals surface area contributed by atoms with E-state index in [0.717, 1.165) is 25.7 Å². The van der Waals surface area contributed by atoms with E-state index in [1.807, 2.05) is 13.8 Å². The summed E-state index contributed by atoms with van der Waals surface area (Å²) in [5.74, 6) is -4.70. The van der Waals surface area contributed by atoms with E-state index in [4.69, 9.17) is 9.47 Å². The average molecular weight is 328 g/mol. The zero-order valence-corrected chi connectivity index (χ0v) is 14.1. The van der Waals surface area contributed by atoms with Gasteiger partial charge in [-0.1, -0.05) is 33.1 Å². The molecule has 0 aromatic carbocycles. The van der Waals surface area contributed by atoms with Gasteiger partial charge in [0.15, 0.2) is 0 Å². The fraction of sp³-hybridized carbons (Fsp3) is 0.824. The van der Waals surface area contributed by atoms with Gasteiger partial charge in [0, 0.05) is 0 Å². The normalized spacial score (nSPS) is 24.0. The van der Waals surface area contributed by atoms with E-state index in [1.54, 1.807) is 0 Å². The van der Waals surface area contributed by atoms with Gasteiger partial charge in [-0.05, 0) is 25.7 Å². The molecule has 6 heteroatoms. The Morgan fingerprint density at radius 2 is 1.35 bits per heavy atom. The minimum Gasteiger partial charge on any atom is -0.481 e. The first-order valence-corrected chi connectivity index (χ1v) is 8.58. The molecule has 0 amide bonds. The third-order valence-electron chi connectivity index (χ3n) is 4.27. The quantitative estimate of drug-likeness (QED) is 0.517. The van der Waals surface area contributed by atoms with Crippen LogP contribution in [-0.4, -0.2) is 36.2 Å². The molecule has 132 valence electrons. The molecule has 1 rings (SSSR count). The molecule has 2 unspecified atom stereocenters. The highest BCUT2D eigenvalue weighted by Gasteiger charge is 2.46. The van der Waals surface area contributed by atoms with Gasteiger partial charge >= 0.3 is 17.9 Å². The van der Waals surface area contributed by atoms with Crippen LogP contribution in [0.1, 0.15) is 58.8 Å². The number of ether oxygens (including phenoxy) is 2. The van der Waals surface area contributed by atoms with Crippen LogP contribution in [0.25, 0.3) is 0 Å². The van der Waals surface area contributed by atoms with E-state index in [2.05, 4.69) is 0 Å². The molecular formula is C17H28O6. The van der Waals surface area contributed by atoms with Crippen molar-refractivity contribution in [2.24, 2.45) is 17.8 Å². The summed E-state index contributed by atoms with van der Waals surface area (Å²) in [4.78, 5) is 36.0. The first-order valence-electron chi connectivity index (χ1n) is 8.58. The second kappa shape index (κ2) is 10.2. The lowest BCUT2D eigenvalue weighted by atomic mass is 9.72. The molecule has 0 aromatic heterocycles. The van der Waals surface area contributed by atoms with Gasteiger partial charge in [0.05, 0.1) is 31.0 Å². The molecule has 6 nitrogen and oxygen atoms in total. The van der Waals surface area contributed by atoms with Gasteiger partial charge in [0.1, 0.15) is 0 Å². The zero-order valence-electron chi connectivity index (χ0n) is 14.1. The van der Waals surface area contributed by atoms with Crippen LogP contribution in [0, 0.1) is 17.8 Å². The summed E-state index contributed by atoms with van der Waals surface area (Å²) in [7, 11) is 0. The second-order valence-electron chi connectivity index (χ2n) is 6.05. The van der Waals surface area contributed by atoms with E-state index in [1.165, 1.54) is 0 Å². The zero-order chi connectivity index (χ0) is 17.2. The van der Waals surface area contributed by atoms with Crippen LogP contribution >= 0.6 is 0 Å². The average Bonchev–Trinajstić information content (AvgIpc) is 2.54. The maximum Gasteiger partial charge on any atom is 0.309 e. The number of hydrogen-bond donors (Lipinski definition) is 1. The van der Waals surface area contributed by atoms with Crippen LogP contribution in [-0.2, 0) is 23.9 Å². The SMILES string of the molecule is CCCCOC(=O)C1CCCC(C(=O)OCCCC)C1C(=O)O. The first kappa shape index (κ1) is 19.5. The first-order chi connectivity index (χ1) is 11.0. The fourth-order valence-electron chi connectivity index (χ4n) is 2.92. The van der Waals surface area contributed by atoms with Crippen LogP contribution in [0.4, 0.5) is 0 Å². The molecule has 2 atom stereocenters. The molecule has 1 N–H and O–H groups in total. The molecule has 1 saturated carbocycles. The van der Waals surface area contributed by atoms with Crippen molar-refractivity contribution in [1.82, 2.24) is 0 Å². The number of carboxylic acids is 1. The van der Waals surface area contributed by atoms with Crippen molar-refractivity contribution in [2.45, 2.75) is 58.8 Å². The molecule has 0 saturated heterocycles. The van der Waals surface area contributed by atoms with Crippen molar-refractivity contribution >= 4 is 17.9 Å². The standard InChI is InChI=1S/C17H28O6/c1-3-5-10-22-16(20)12-8-7-9-13(14(12)15(18)19)17(21)23-11-6-4-2/h12-14H,3-11H2,1-2H3,(H,18,19). The third-order valence-corrected chi connectivity index (χ3v) is 4.27. The Morgan fingerprint density at radius 1 is 0.913 bits per heavy atom. The predicted octanol–water partition coefficient (Wildman–Crippen LogP) is 2.79.